The summed E-state index contributed by atoms with van der Waals surface area (Å²) in [5.74, 6) is 0.692. The zero-order chi connectivity index (χ0) is 22.0. The molecule has 0 atom stereocenters. The zero-order valence-electron chi connectivity index (χ0n) is 18.9. The van der Waals surface area contributed by atoms with Gasteiger partial charge in [-0.25, -0.2) is 9.37 Å². The highest BCUT2D eigenvalue weighted by Gasteiger charge is 2.22. The lowest BCUT2D eigenvalue weighted by Crippen LogP contribution is -2.37. The molecule has 1 aliphatic rings. The number of hydrogen-bond donors (Lipinski definition) is 1. The van der Waals surface area contributed by atoms with Crippen LogP contribution in [0.4, 0.5) is 10.2 Å². The lowest BCUT2D eigenvalue weighted by atomic mass is 9.92. The molecule has 31 heavy (non-hydrogen) atoms. The predicted octanol–water partition coefficient (Wildman–Crippen LogP) is 4.28. The van der Waals surface area contributed by atoms with Gasteiger partial charge in [-0.05, 0) is 37.6 Å². The average Bonchev–Trinajstić information content (AvgIpc) is 3.08. The molecule has 166 valence electrons. The lowest BCUT2D eigenvalue weighted by molar-refractivity contribution is 0.0378. The van der Waals surface area contributed by atoms with Crippen molar-refractivity contribution in [2.24, 2.45) is 0 Å². The summed E-state index contributed by atoms with van der Waals surface area (Å²) in [7, 11) is 0. The minimum atomic E-state index is -0.246. The monoisotopic (exact) mass is 425 g/mol. The number of ether oxygens (including phenoxy) is 1. The standard InChI is InChI=1S/C24H32FN5O/c1-17-22(18-6-8-19(25)9-7-18)23-27-20(24(2,3)4)16-21(30(23)28-17)26-10-5-11-29-12-14-31-15-13-29/h6-9,16,26H,5,10-15H2,1-4H3. The van der Waals surface area contributed by atoms with Crippen LogP contribution in [0.25, 0.3) is 16.8 Å². The quantitative estimate of drug-likeness (QED) is 0.598. The van der Waals surface area contributed by atoms with Gasteiger partial charge in [0.25, 0.3) is 0 Å². The van der Waals surface area contributed by atoms with Gasteiger partial charge in [0, 0.05) is 36.7 Å². The van der Waals surface area contributed by atoms with E-state index in [-0.39, 0.29) is 11.2 Å². The Balaban J connectivity index is 1.64. The van der Waals surface area contributed by atoms with Gasteiger partial charge >= 0.3 is 0 Å². The summed E-state index contributed by atoms with van der Waals surface area (Å²) in [6, 6.07) is 8.65. The van der Waals surface area contributed by atoms with E-state index in [4.69, 9.17) is 14.8 Å². The first-order valence-corrected chi connectivity index (χ1v) is 11.0. The van der Waals surface area contributed by atoms with E-state index in [0.717, 1.165) is 79.8 Å². The molecule has 7 heteroatoms. The van der Waals surface area contributed by atoms with E-state index in [1.807, 2.05) is 11.4 Å². The van der Waals surface area contributed by atoms with Gasteiger partial charge in [0.1, 0.15) is 11.6 Å². The van der Waals surface area contributed by atoms with Gasteiger partial charge in [0.15, 0.2) is 5.65 Å². The Morgan fingerprint density at radius 1 is 1.13 bits per heavy atom. The number of nitrogens with one attached hydrogen (secondary N) is 1. The van der Waals surface area contributed by atoms with Crippen LogP contribution in [0.3, 0.4) is 0 Å². The van der Waals surface area contributed by atoms with Crippen LogP contribution in [-0.4, -0.2) is 58.9 Å². The first-order chi connectivity index (χ1) is 14.8. The molecule has 6 nitrogen and oxygen atoms in total. The van der Waals surface area contributed by atoms with Crippen molar-refractivity contribution in [2.75, 3.05) is 44.7 Å². The van der Waals surface area contributed by atoms with Gasteiger partial charge in [-0.3, -0.25) is 4.90 Å². The average molecular weight is 426 g/mol. The van der Waals surface area contributed by atoms with E-state index >= 15 is 0 Å². The highest BCUT2D eigenvalue weighted by atomic mass is 19.1. The Kier molecular flexibility index (Phi) is 6.25. The largest absolute Gasteiger partial charge is 0.379 e. The number of rotatable bonds is 6. The maximum atomic E-state index is 13.5. The molecule has 1 aromatic carbocycles. The minimum absolute atomic E-state index is 0.107. The molecule has 1 aliphatic heterocycles. The molecule has 0 bridgehead atoms. The number of aryl methyl sites for hydroxylation is 1. The molecule has 3 aromatic rings. The van der Waals surface area contributed by atoms with Crippen LogP contribution in [0.5, 0.6) is 0 Å². The third-order valence-corrected chi connectivity index (χ3v) is 5.73. The summed E-state index contributed by atoms with van der Waals surface area (Å²) >= 11 is 0. The van der Waals surface area contributed by atoms with Crippen LogP contribution in [0.15, 0.2) is 30.3 Å². The van der Waals surface area contributed by atoms with Crippen molar-refractivity contribution in [3.63, 3.8) is 0 Å². The molecule has 0 amide bonds. The topological polar surface area (TPSA) is 54.7 Å². The number of aromatic nitrogens is 3. The van der Waals surface area contributed by atoms with Crippen LogP contribution in [0.2, 0.25) is 0 Å². The van der Waals surface area contributed by atoms with Crippen LogP contribution in [0, 0.1) is 12.7 Å². The second-order valence-corrected chi connectivity index (χ2v) is 9.21. The third kappa shape index (κ3) is 4.88. The second kappa shape index (κ2) is 8.93. The molecule has 0 spiro atoms. The van der Waals surface area contributed by atoms with Gasteiger partial charge in [0.05, 0.1) is 24.6 Å². The molecule has 1 fully saturated rings. The lowest BCUT2D eigenvalue weighted by Gasteiger charge is -2.26. The van der Waals surface area contributed by atoms with Crippen molar-refractivity contribution in [2.45, 2.75) is 39.5 Å². The summed E-state index contributed by atoms with van der Waals surface area (Å²) in [5.41, 5.74) is 4.44. The Morgan fingerprint density at radius 2 is 1.84 bits per heavy atom. The Bertz CT molecular complexity index is 1030. The van der Waals surface area contributed by atoms with Crippen LogP contribution in [0.1, 0.15) is 38.6 Å². The molecule has 0 unspecified atom stereocenters. The molecule has 0 aliphatic carbocycles. The smallest absolute Gasteiger partial charge is 0.165 e. The maximum absolute atomic E-state index is 13.5. The molecule has 3 heterocycles. The van der Waals surface area contributed by atoms with E-state index in [9.17, 15) is 4.39 Å². The fourth-order valence-electron chi connectivity index (χ4n) is 3.93. The van der Waals surface area contributed by atoms with Crippen molar-refractivity contribution < 1.29 is 9.13 Å². The van der Waals surface area contributed by atoms with E-state index in [0.29, 0.717) is 0 Å². The number of nitrogens with zero attached hydrogens (tertiary/aromatic N) is 4. The summed E-state index contributed by atoms with van der Waals surface area (Å²) in [4.78, 5) is 7.42. The van der Waals surface area contributed by atoms with Gasteiger partial charge in [0.2, 0.25) is 0 Å². The van der Waals surface area contributed by atoms with Crippen molar-refractivity contribution >= 4 is 11.5 Å². The van der Waals surface area contributed by atoms with Gasteiger partial charge in [-0.15, -0.1) is 0 Å². The summed E-state index contributed by atoms with van der Waals surface area (Å²) in [6.45, 7) is 14.0. The number of halogens is 1. The highest BCUT2D eigenvalue weighted by Crippen LogP contribution is 2.32. The molecule has 2 aromatic heterocycles. The third-order valence-electron chi connectivity index (χ3n) is 5.73. The summed E-state index contributed by atoms with van der Waals surface area (Å²) in [6.07, 6.45) is 1.04. The number of morpholine rings is 1. The molecule has 0 radical (unpaired) electrons. The highest BCUT2D eigenvalue weighted by molar-refractivity contribution is 5.81. The van der Waals surface area contributed by atoms with E-state index in [1.54, 1.807) is 12.1 Å². The maximum Gasteiger partial charge on any atom is 0.165 e. The Morgan fingerprint density at radius 3 is 2.52 bits per heavy atom. The molecule has 4 rings (SSSR count). The second-order valence-electron chi connectivity index (χ2n) is 9.21. The van der Waals surface area contributed by atoms with Crippen LogP contribution < -0.4 is 5.32 Å². The van der Waals surface area contributed by atoms with Crippen molar-refractivity contribution in [1.82, 2.24) is 19.5 Å². The van der Waals surface area contributed by atoms with Gasteiger partial charge in [-0.1, -0.05) is 32.9 Å². The fourth-order valence-corrected chi connectivity index (χ4v) is 3.93. The number of benzene rings is 1. The first-order valence-electron chi connectivity index (χ1n) is 11.0. The van der Waals surface area contributed by atoms with Crippen molar-refractivity contribution in [1.29, 1.82) is 0 Å². The molecular weight excluding hydrogens is 393 g/mol. The van der Waals surface area contributed by atoms with Gasteiger partial charge < -0.3 is 10.1 Å². The predicted molar refractivity (Wildman–Crippen MR) is 122 cm³/mol. The molecule has 1 N–H and O–H groups in total. The molecular formula is C24H32FN5O. The molecule has 1 saturated heterocycles. The SMILES string of the molecule is Cc1nn2c(NCCCN3CCOCC3)cc(C(C)(C)C)nc2c1-c1ccc(F)cc1. The van der Waals surface area contributed by atoms with Gasteiger partial charge in [-0.2, -0.15) is 9.61 Å². The fraction of sp³-hybridized carbons (Fsp3) is 0.500. The van der Waals surface area contributed by atoms with E-state index < -0.39 is 0 Å². The van der Waals surface area contributed by atoms with Crippen molar-refractivity contribution in [3.8, 4) is 11.1 Å². The normalized spacial score (nSPS) is 15.5. The zero-order valence-corrected chi connectivity index (χ0v) is 18.9. The Labute approximate surface area is 183 Å². The first kappa shape index (κ1) is 21.7. The number of hydrogen-bond acceptors (Lipinski definition) is 5. The van der Waals surface area contributed by atoms with Crippen LogP contribution >= 0.6 is 0 Å². The van der Waals surface area contributed by atoms with Crippen LogP contribution in [-0.2, 0) is 10.2 Å². The molecule has 0 saturated carbocycles. The van der Waals surface area contributed by atoms with Crippen molar-refractivity contribution in [3.05, 3.63) is 47.5 Å². The van der Waals surface area contributed by atoms with E-state index in [1.165, 1.54) is 12.1 Å². The number of anilines is 1. The van der Waals surface area contributed by atoms with E-state index in [2.05, 4.69) is 37.1 Å². The summed E-state index contributed by atoms with van der Waals surface area (Å²) in [5, 5.41) is 8.36. The number of fused-ring (bicyclic) bond motifs is 1. The minimum Gasteiger partial charge on any atom is -0.379 e. The summed E-state index contributed by atoms with van der Waals surface area (Å²) < 4.78 is 20.8. The Hall–Kier alpha value is -2.51.